The van der Waals surface area contributed by atoms with Gasteiger partial charge in [-0.1, -0.05) is 42.5 Å². The summed E-state index contributed by atoms with van der Waals surface area (Å²) in [6, 6.07) is 15.2. The van der Waals surface area contributed by atoms with Crippen LogP contribution >= 0.6 is 0 Å². The van der Waals surface area contributed by atoms with Crippen molar-refractivity contribution in [3.8, 4) is 0 Å². The highest BCUT2D eigenvalue weighted by Gasteiger charge is 2.11. The average molecular weight is 311 g/mol. The van der Waals surface area contributed by atoms with Crippen LogP contribution in [0.2, 0.25) is 0 Å². The number of rotatable bonds is 6. The van der Waals surface area contributed by atoms with Gasteiger partial charge in [-0.05, 0) is 43.0 Å². The predicted molar refractivity (Wildman–Crippen MR) is 89.4 cm³/mol. The van der Waals surface area contributed by atoms with E-state index in [1.54, 1.807) is 12.1 Å². The summed E-state index contributed by atoms with van der Waals surface area (Å²) in [7, 11) is 0. The van der Waals surface area contributed by atoms with Gasteiger partial charge in [0.1, 0.15) is 0 Å². The Morgan fingerprint density at radius 3 is 2.30 bits per heavy atom. The highest BCUT2D eigenvalue weighted by atomic mass is 16.5. The molecule has 2 aromatic carbocycles. The molecule has 0 saturated carbocycles. The standard InChI is InChI=1S/C19H21NO3/c1-14-7-3-5-9-16(14)11-12-20-18(21)13-23-19(22)17-10-6-4-8-15(17)2/h3-10H,11-13H2,1-2H3,(H,20,21). The van der Waals surface area contributed by atoms with E-state index in [9.17, 15) is 9.59 Å². The number of aryl methyl sites for hydroxylation is 2. The molecule has 0 bridgehead atoms. The first kappa shape index (κ1) is 16.7. The van der Waals surface area contributed by atoms with E-state index in [0.29, 0.717) is 12.1 Å². The molecular weight excluding hydrogens is 290 g/mol. The van der Waals surface area contributed by atoms with Gasteiger partial charge < -0.3 is 10.1 Å². The van der Waals surface area contributed by atoms with Crippen molar-refractivity contribution in [2.24, 2.45) is 0 Å². The van der Waals surface area contributed by atoms with Gasteiger partial charge >= 0.3 is 5.97 Å². The van der Waals surface area contributed by atoms with Gasteiger partial charge in [0, 0.05) is 6.54 Å². The molecule has 2 aromatic rings. The summed E-state index contributed by atoms with van der Waals surface area (Å²) >= 11 is 0. The van der Waals surface area contributed by atoms with Crippen LogP contribution in [0.4, 0.5) is 0 Å². The number of hydrogen-bond donors (Lipinski definition) is 1. The summed E-state index contributed by atoms with van der Waals surface area (Å²) in [6.07, 6.45) is 0.754. The van der Waals surface area contributed by atoms with E-state index < -0.39 is 5.97 Å². The molecule has 0 saturated heterocycles. The van der Waals surface area contributed by atoms with E-state index in [4.69, 9.17) is 4.74 Å². The SMILES string of the molecule is Cc1ccccc1CCNC(=O)COC(=O)c1ccccc1C. The third kappa shape index (κ3) is 4.95. The van der Waals surface area contributed by atoms with Gasteiger partial charge in [0.2, 0.25) is 0 Å². The van der Waals surface area contributed by atoms with Crippen LogP contribution in [-0.4, -0.2) is 25.0 Å². The molecule has 0 atom stereocenters. The van der Waals surface area contributed by atoms with Crippen LogP contribution in [0.15, 0.2) is 48.5 Å². The smallest absolute Gasteiger partial charge is 0.338 e. The third-order valence-corrected chi connectivity index (χ3v) is 3.68. The van der Waals surface area contributed by atoms with Crippen molar-refractivity contribution in [3.05, 3.63) is 70.8 Å². The molecule has 0 unspecified atom stereocenters. The number of amides is 1. The minimum Gasteiger partial charge on any atom is -0.452 e. The highest BCUT2D eigenvalue weighted by molar-refractivity contribution is 5.92. The van der Waals surface area contributed by atoms with Crippen molar-refractivity contribution < 1.29 is 14.3 Å². The van der Waals surface area contributed by atoms with Crippen molar-refractivity contribution in [3.63, 3.8) is 0 Å². The molecule has 0 aliphatic heterocycles. The summed E-state index contributed by atoms with van der Waals surface area (Å²) in [4.78, 5) is 23.7. The molecule has 0 radical (unpaired) electrons. The van der Waals surface area contributed by atoms with Gasteiger partial charge in [0.25, 0.3) is 5.91 Å². The average Bonchev–Trinajstić information content (AvgIpc) is 2.55. The minimum absolute atomic E-state index is 0.263. The lowest BCUT2D eigenvalue weighted by Crippen LogP contribution is -2.30. The normalized spacial score (nSPS) is 10.2. The van der Waals surface area contributed by atoms with E-state index in [2.05, 4.69) is 5.32 Å². The molecule has 23 heavy (non-hydrogen) atoms. The number of carbonyl (C=O) groups excluding carboxylic acids is 2. The van der Waals surface area contributed by atoms with E-state index >= 15 is 0 Å². The highest BCUT2D eigenvalue weighted by Crippen LogP contribution is 2.08. The Kier molecular flexibility index (Phi) is 5.92. The van der Waals surface area contributed by atoms with E-state index in [1.165, 1.54) is 11.1 Å². The lowest BCUT2D eigenvalue weighted by Gasteiger charge is -2.09. The van der Waals surface area contributed by atoms with Crippen LogP contribution in [0.3, 0.4) is 0 Å². The van der Waals surface area contributed by atoms with E-state index in [0.717, 1.165) is 12.0 Å². The molecule has 0 aliphatic carbocycles. The van der Waals surface area contributed by atoms with Gasteiger partial charge in [-0.15, -0.1) is 0 Å². The molecule has 120 valence electrons. The van der Waals surface area contributed by atoms with Crippen molar-refractivity contribution in [2.75, 3.05) is 13.2 Å². The summed E-state index contributed by atoms with van der Waals surface area (Å²) in [5, 5.41) is 2.76. The molecule has 4 heteroatoms. The molecule has 2 rings (SSSR count). The largest absolute Gasteiger partial charge is 0.452 e. The fraction of sp³-hybridized carbons (Fsp3) is 0.263. The summed E-state index contributed by atoms with van der Waals surface area (Å²) in [6.45, 7) is 4.13. The number of benzene rings is 2. The fourth-order valence-corrected chi connectivity index (χ4v) is 2.29. The predicted octanol–water partition coefficient (Wildman–Crippen LogP) is 2.82. The zero-order valence-electron chi connectivity index (χ0n) is 13.5. The number of nitrogens with one attached hydrogen (secondary N) is 1. The van der Waals surface area contributed by atoms with Gasteiger partial charge in [0.05, 0.1) is 5.56 Å². The molecule has 0 heterocycles. The molecule has 0 fully saturated rings. The van der Waals surface area contributed by atoms with Crippen molar-refractivity contribution >= 4 is 11.9 Å². The Balaban J connectivity index is 1.74. The number of hydrogen-bond acceptors (Lipinski definition) is 3. The molecule has 1 amide bonds. The molecule has 0 spiro atoms. The Bertz CT molecular complexity index is 695. The number of esters is 1. The van der Waals surface area contributed by atoms with Crippen LogP contribution in [0.25, 0.3) is 0 Å². The maximum absolute atomic E-state index is 11.9. The summed E-state index contributed by atoms with van der Waals surface area (Å²) in [5.74, 6) is -0.766. The van der Waals surface area contributed by atoms with Gasteiger partial charge in [-0.25, -0.2) is 4.79 Å². The first-order chi connectivity index (χ1) is 11.1. The second-order valence-electron chi connectivity index (χ2n) is 5.42. The summed E-state index contributed by atoms with van der Waals surface area (Å²) in [5.41, 5.74) is 3.72. The maximum atomic E-state index is 11.9. The van der Waals surface area contributed by atoms with E-state index in [-0.39, 0.29) is 12.5 Å². The molecule has 1 N–H and O–H groups in total. The quantitative estimate of drug-likeness (QED) is 0.835. The van der Waals surface area contributed by atoms with Gasteiger partial charge in [-0.2, -0.15) is 0 Å². The zero-order valence-corrected chi connectivity index (χ0v) is 13.5. The van der Waals surface area contributed by atoms with Gasteiger partial charge in [-0.3, -0.25) is 4.79 Å². The topological polar surface area (TPSA) is 55.4 Å². The van der Waals surface area contributed by atoms with Crippen molar-refractivity contribution in [1.29, 1.82) is 0 Å². The Morgan fingerprint density at radius 1 is 0.957 bits per heavy atom. The minimum atomic E-state index is -0.475. The maximum Gasteiger partial charge on any atom is 0.338 e. The number of ether oxygens (including phenoxy) is 1. The second kappa shape index (κ2) is 8.13. The van der Waals surface area contributed by atoms with Gasteiger partial charge in [0.15, 0.2) is 6.61 Å². The van der Waals surface area contributed by atoms with Crippen molar-refractivity contribution in [1.82, 2.24) is 5.32 Å². The zero-order chi connectivity index (χ0) is 16.7. The number of carbonyl (C=O) groups is 2. The molecule has 0 aliphatic rings. The fourth-order valence-electron chi connectivity index (χ4n) is 2.29. The molecule has 0 aromatic heterocycles. The Hall–Kier alpha value is -2.62. The summed E-state index contributed by atoms with van der Waals surface area (Å²) < 4.78 is 5.05. The Morgan fingerprint density at radius 2 is 1.61 bits per heavy atom. The van der Waals surface area contributed by atoms with Crippen LogP contribution in [0.1, 0.15) is 27.0 Å². The van der Waals surface area contributed by atoms with E-state index in [1.807, 2.05) is 50.2 Å². The lowest BCUT2D eigenvalue weighted by molar-refractivity contribution is -0.124. The lowest BCUT2D eigenvalue weighted by atomic mass is 10.1. The van der Waals surface area contributed by atoms with Crippen molar-refractivity contribution in [2.45, 2.75) is 20.3 Å². The monoisotopic (exact) mass is 311 g/mol. The Labute approximate surface area is 136 Å². The van der Waals surface area contributed by atoms with Crippen LogP contribution in [0, 0.1) is 13.8 Å². The first-order valence-electron chi connectivity index (χ1n) is 7.62. The third-order valence-electron chi connectivity index (χ3n) is 3.68. The molecule has 4 nitrogen and oxygen atoms in total. The van der Waals surface area contributed by atoms with Crippen LogP contribution in [0.5, 0.6) is 0 Å². The van der Waals surface area contributed by atoms with Crippen LogP contribution in [-0.2, 0) is 16.0 Å². The molecular formula is C19H21NO3. The first-order valence-corrected chi connectivity index (χ1v) is 7.62. The second-order valence-corrected chi connectivity index (χ2v) is 5.42. The van der Waals surface area contributed by atoms with Crippen LogP contribution < -0.4 is 5.32 Å².